The van der Waals surface area contributed by atoms with Gasteiger partial charge in [-0.25, -0.2) is 9.59 Å². The number of nitrogens with zero attached hydrogens (tertiary/aromatic N) is 2. The summed E-state index contributed by atoms with van der Waals surface area (Å²) in [5.74, 6) is -3.79. The van der Waals surface area contributed by atoms with E-state index in [1.54, 1.807) is 16.8 Å². The van der Waals surface area contributed by atoms with Crippen LogP contribution in [-0.2, 0) is 36.8 Å². The van der Waals surface area contributed by atoms with Crippen LogP contribution in [0.25, 0.3) is 0 Å². The van der Waals surface area contributed by atoms with Gasteiger partial charge in [-0.1, -0.05) is 80.9 Å². The van der Waals surface area contributed by atoms with Gasteiger partial charge in [-0.3, -0.25) is 24.0 Å². The minimum Gasteiger partial charge on any atom is -0.481 e. The number of carbonyl (C=O) groups excluding carboxylic acids is 6. The highest BCUT2D eigenvalue weighted by molar-refractivity contribution is 5.95. The molecule has 2 saturated heterocycles. The molecule has 4 rings (SSSR count). The smallest absolute Gasteiger partial charge is 0.317 e. The molecular weight excluding hydrogens is 779 g/mol. The van der Waals surface area contributed by atoms with Gasteiger partial charge >= 0.3 is 18.0 Å². The van der Waals surface area contributed by atoms with Crippen LogP contribution in [0.5, 0.6) is 0 Å². The van der Waals surface area contributed by atoms with E-state index in [4.69, 9.17) is 5.73 Å². The molecule has 7 N–H and O–H groups in total. The molecule has 0 spiro atoms. The molecule has 2 aromatic rings. The fraction of sp³-hybridized carbons (Fsp3) is 0.587. The lowest BCUT2D eigenvalue weighted by molar-refractivity contribution is -0.143. The third-order valence-electron chi connectivity index (χ3n) is 11.8. The van der Waals surface area contributed by atoms with Crippen molar-refractivity contribution in [1.29, 1.82) is 0 Å². The van der Waals surface area contributed by atoms with Gasteiger partial charge in [0, 0.05) is 70.5 Å². The molecule has 334 valence electrons. The van der Waals surface area contributed by atoms with E-state index in [9.17, 15) is 38.7 Å². The zero-order valence-electron chi connectivity index (χ0n) is 36.1. The topological polar surface area (TPSA) is 220 Å². The number of piperidine rings is 2. The van der Waals surface area contributed by atoms with Crippen molar-refractivity contribution < 1.29 is 38.7 Å². The van der Waals surface area contributed by atoms with Gasteiger partial charge in [-0.2, -0.15) is 0 Å². The first-order valence-electron chi connectivity index (χ1n) is 22.0. The van der Waals surface area contributed by atoms with Crippen molar-refractivity contribution in [1.82, 2.24) is 31.1 Å². The maximum Gasteiger partial charge on any atom is 0.317 e. The summed E-state index contributed by atoms with van der Waals surface area (Å²) in [6.45, 7) is 5.85. The number of urea groups is 2. The van der Waals surface area contributed by atoms with Gasteiger partial charge in [0.25, 0.3) is 0 Å². The minimum atomic E-state index is -0.888. The Balaban J connectivity index is 1.44. The van der Waals surface area contributed by atoms with E-state index in [2.05, 4.69) is 21.3 Å². The number of unbranched alkanes of at least 4 members (excludes halogenated alkanes) is 1. The zero-order valence-corrected chi connectivity index (χ0v) is 36.1. The van der Waals surface area contributed by atoms with Crippen LogP contribution in [0.1, 0.15) is 89.2 Å². The number of nitrogens with one attached hydrogen (secondary N) is 4. The van der Waals surface area contributed by atoms with Crippen LogP contribution in [0.3, 0.4) is 0 Å². The zero-order chi connectivity index (χ0) is 44.3. The van der Waals surface area contributed by atoms with Crippen molar-refractivity contribution in [3.05, 3.63) is 71.8 Å². The van der Waals surface area contributed by atoms with Crippen molar-refractivity contribution in [2.45, 2.75) is 109 Å². The Bertz CT molecular complexity index is 1740. The summed E-state index contributed by atoms with van der Waals surface area (Å²) >= 11 is 0. The molecule has 2 aliphatic heterocycles. The van der Waals surface area contributed by atoms with Crippen molar-refractivity contribution in [2.24, 2.45) is 29.4 Å². The van der Waals surface area contributed by atoms with E-state index in [1.165, 1.54) is 0 Å². The lowest BCUT2D eigenvalue weighted by Gasteiger charge is -2.35. The molecule has 2 aliphatic rings. The molecule has 0 aliphatic carbocycles. The molecule has 0 saturated carbocycles. The third-order valence-corrected chi connectivity index (χ3v) is 11.8. The van der Waals surface area contributed by atoms with Crippen LogP contribution in [0.4, 0.5) is 9.59 Å². The Labute approximate surface area is 360 Å². The molecule has 2 heterocycles. The van der Waals surface area contributed by atoms with E-state index >= 15 is 0 Å². The van der Waals surface area contributed by atoms with Gasteiger partial charge in [-0.05, 0) is 74.8 Å². The van der Waals surface area contributed by atoms with Crippen molar-refractivity contribution in [2.75, 3.05) is 39.8 Å². The van der Waals surface area contributed by atoms with Gasteiger partial charge in [-0.15, -0.1) is 0 Å². The number of aliphatic carboxylic acids is 1. The van der Waals surface area contributed by atoms with E-state index < -0.39 is 41.7 Å². The summed E-state index contributed by atoms with van der Waals surface area (Å²) in [7, 11) is 1.55. The van der Waals surface area contributed by atoms with Crippen LogP contribution in [0, 0.1) is 23.7 Å². The van der Waals surface area contributed by atoms with Crippen LogP contribution in [0.2, 0.25) is 0 Å². The normalized spacial score (nSPS) is 16.8. The quantitative estimate of drug-likeness (QED) is 0.0940. The summed E-state index contributed by atoms with van der Waals surface area (Å²) in [6.07, 6.45) is 4.21. The second kappa shape index (κ2) is 24.8. The number of rotatable bonds is 22. The van der Waals surface area contributed by atoms with Crippen molar-refractivity contribution in [3.63, 3.8) is 0 Å². The lowest BCUT2D eigenvalue weighted by Crippen LogP contribution is -2.50. The predicted molar refractivity (Wildman–Crippen MR) is 232 cm³/mol. The average molecular weight is 846 g/mol. The number of benzene rings is 2. The average Bonchev–Trinajstić information content (AvgIpc) is 3.25. The molecule has 0 bridgehead atoms. The Morgan fingerprint density at radius 1 is 0.754 bits per heavy atom. The number of ketones is 2. The lowest BCUT2D eigenvalue weighted by atomic mass is 9.87. The van der Waals surface area contributed by atoms with E-state index in [1.807, 2.05) is 74.5 Å². The number of hydrogen-bond donors (Lipinski definition) is 6. The maximum absolute atomic E-state index is 14.3. The summed E-state index contributed by atoms with van der Waals surface area (Å²) in [5, 5.41) is 20.7. The highest BCUT2D eigenvalue weighted by Gasteiger charge is 2.34. The Morgan fingerprint density at radius 3 is 1.90 bits per heavy atom. The van der Waals surface area contributed by atoms with Crippen LogP contribution in [-0.4, -0.2) is 114 Å². The number of amides is 6. The summed E-state index contributed by atoms with van der Waals surface area (Å²) in [4.78, 5) is 95.6. The number of Topliss-reactive ketones (excluding diaryl/α,β-unsaturated/α-hetero) is 2. The predicted octanol–water partition coefficient (Wildman–Crippen LogP) is 4.08. The fourth-order valence-corrected chi connectivity index (χ4v) is 8.17. The Kier molecular flexibility index (Phi) is 19.7. The first-order valence-corrected chi connectivity index (χ1v) is 22.0. The van der Waals surface area contributed by atoms with Crippen LogP contribution >= 0.6 is 0 Å². The highest BCUT2D eigenvalue weighted by atomic mass is 16.4. The number of nitrogens with two attached hydrogens (primary N) is 1. The standard InChI is InChI=1S/C46H67N7O8/c1-31(2)26-39(51-42(56)36(27-32-12-6-4-7-13-32)30-40(54)38(47)28-33-14-8-5-9-15-33)41(55)29-35(43(57)52-24-19-37(20-25-52)50-45(60)48-3)16-10-11-21-49-46(61)53-22-17-34(18-23-53)44(58)59/h4-9,12-15,31,34-39H,10-11,16-30,47H2,1-3H3,(H,49,61)(H,51,56)(H,58,59)(H2,48,50,60)/t35-,36-,38+,39+/m0/s1. The van der Waals surface area contributed by atoms with Gasteiger partial charge < -0.3 is 41.9 Å². The van der Waals surface area contributed by atoms with Crippen LogP contribution in [0.15, 0.2) is 60.7 Å². The minimum absolute atomic E-state index is 0.0299. The molecular formula is C46H67N7O8. The number of carboxylic acid groups (broad SMARTS) is 1. The molecule has 0 unspecified atom stereocenters. The monoisotopic (exact) mass is 846 g/mol. The SMILES string of the molecule is CNC(=O)NC1CCN(C(=O)[C@@H](CCCCNC(=O)N2CCC(C(=O)O)CC2)CC(=O)[C@@H](CC(C)C)NC(=O)[C@H](CC(=O)[C@H](N)Cc2ccccc2)Cc2ccccc2)CC1. The molecule has 2 fully saturated rings. The molecule has 0 aromatic heterocycles. The van der Waals surface area contributed by atoms with Gasteiger partial charge in [0.05, 0.1) is 18.0 Å². The second-order valence-corrected chi connectivity index (χ2v) is 17.1. The summed E-state index contributed by atoms with van der Waals surface area (Å²) in [5.41, 5.74) is 8.17. The van der Waals surface area contributed by atoms with Gasteiger partial charge in [0.15, 0.2) is 11.6 Å². The third kappa shape index (κ3) is 16.2. The first-order chi connectivity index (χ1) is 29.2. The number of carboxylic acids is 1. The summed E-state index contributed by atoms with van der Waals surface area (Å²) < 4.78 is 0. The molecule has 0 radical (unpaired) electrons. The maximum atomic E-state index is 14.3. The van der Waals surface area contributed by atoms with E-state index in [0.29, 0.717) is 90.5 Å². The molecule has 2 aromatic carbocycles. The molecule has 15 heteroatoms. The molecule has 15 nitrogen and oxygen atoms in total. The van der Waals surface area contributed by atoms with Crippen molar-refractivity contribution >= 4 is 41.4 Å². The molecule has 4 atom stereocenters. The van der Waals surface area contributed by atoms with Gasteiger partial charge in [0.2, 0.25) is 11.8 Å². The van der Waals surface area contributed by atoms with Crippen molar-refractivity contribution in [3.8, 4) is 0 Å². The van der Waals surface area contributed by atoms with E-state index in [-0.39, 0.29) is 60.8 Å². The number of hydrogen-bond acceptors (Lipinski definition) is 8. The summed E-state index contributed by atoms with van der Waals surface area (Å²) in [6, 6.07) is 16.6. The second-order valence-electron chi connectivity index (χ2n) is 17.1. The molecule has 6 amide bonds. The Hall–Kier alpha value is -5.31. The number of likely N-dealkylation sites (tertiary alicyclic amines) is 2. The van der Waals surface area contributed by atoms with Gasteiger partial charge in [0.1, 0.15) is 0 Å². The van der Waals surface area contributed by atoms with Crippen LogP contribution < -0.4 is 27.0 Å². The largest absolute Gasteiger partial charge is 0.481 e. The first kappa shape index (κ1) is 48.4. The molecule has 61 heavy (non-hydrogen) atoms. The number of carbonyl (C=O) groups is 7. The van der Waals surface area contributed by atoms with E-state index in [0.717, 1.165) is 11.1 Å². The Morgan fingerprint density at radius 2 is 1.33 bits per heavy atom. The fourth-order valence-electron chi connectivity index (χ4n) is 8.17. The highest BCUT2D eigenvalue weighted by Crippen LogP contribution is 2.24.